The van der Waals surface area contributed by atoms with E-state index < -0.39 is 11.8 Å². The molecule has 1 amide bonds. The molecule has 0 aromatic heterocycles. The Kier molecular flexibility index (Phi) is 5.32. The fourth-order valence-electron chi connectivity index (χ4n) is 2.58. The predicted octanol–water partition coefficient (Wildman–Crippen LogP) is 3.30. The van der Waals surface area contributed by atoms with Crippen molar-refractivity contribution in [1.82, 2.24) is 4.90 Å². The smallest absolute Gasteiger partial charge is 0.340 e. The van der Waals surface area contributed by atoms with Gasteiger partial charge in [-0.3, -0.25) is 4.79 Å². The molecule has 0 N–H and O–H groups in total. The number of amides is 1. The highest BCUT2D eigenvalue weighted by Crippen LogP contribution is 2.31. The summed E-state index contributed by atoms with van der Waals surface area (Å²) in [6.07, 6.45) is 3.31. The molecule has 0 fully saturated rings. The minimum atomic E-state index is -0.558. The van der Waals surface area contributed by atoms with E-state index in [0.717, 1.165) is 12.8 Å². The molecule has 122 valence electrons. The van der Waals surface area contributed by atoms with E-state index in [9.17, 15) is 14.0 Å². The Morgan fingerprint density at radius 1 is 1.39 bits per heavy atom. The third-order valence-electron chi connectivity index (χ3n) is 3.80. The van der Waals surface area contributed by atoms with Gasteiger partial charge in [0.15, 0.2) is 0 Å². The normalized spacial score (nSPS) is 16.4. The third kappa shape index (κ3) is 3.50. The molecule has 0 radical (unpaired) electrons. The molecule has 0 saturated heterocycles. The molecular formula is C18H20FNO3. The summed E-state index contributed by atoms with van der Waals surface area (Å²) in [4.78, 5) is 26.3. The lowest BCUT2D eigenvalue weighted by atomic mass is 10.0. The average Bonchev–Trinajstić information content (AvgIpc) is 2.76. The van der Waals surface area contributed by atoms with E-state index >= 15 is 0 Å². The Hall–Kier alpha value is -2.43. The van der Waals surface area contributed by atoms with Crippen molar-refractivity contribution in [2.75, 3.05) is 13.7 Å². The van der Waals surface area contributed by atoms with Gasteiger partial charge in [0.2, 0.25) is 0 Å². The van der Waals surface area contributed by atoms with Gasteiger partial charge in [-0.25, -0.2) is 9.18 Å². The molecule has 0 unspecified atom stereocenters. The molecule has 1 aromatic carbocycles. The van der Waals surface area contributed by atoms with Crippen LogP contribution in [0.1, 0.15) is 32.3 Å². The van der Waals surface area contributed by atoms with Gasteiger partial charge in [0.1, 0.15) is 5.82 Å². The lowest BCUT2D eigenvalue weighted by Crippen LogP contribution is -2.26. The minimum absolute atomic E-state index is 0.246. The fraction of sp³-hybridized carbons (Fsp3) is 0.333. The summed E-state index contributed by atoms with van der Waals surface area (Å²) in [5, 5.41) is 0. The van der Waals surface area contributed by atoms with Gasteiger partial charge in [0.25, 0.3) is 5.91 Å². The van der Waals surface area contributed by atoms with Gasteiger partial charge in [-0.05, 0) is 37.1 Å². The summed E-state index contributed by atoms with van der Waals surface area (Å²) in [6.45, 7) is 4.30. The maximum Gasteiger partial charge on any atom is 0.340 e. The Morgan fingerprint density at radius 2 is 2.13 bits per heavy atom. The molecule has 23 heavy (non-hydrogen) atoms. The minimum Gasteiger partial charge on any atom is -0.465 e. The summed E-state index contributed by atoms with van der Waals surface area (Å²) in [5.41, 5.74) is 1.60. The number of rotatable bonds is 5. The maximum atomic E-state index is 13.4. The summed E-state index contributed by atoms with van der Waals surface area (Å²) >= 11 is 0. The van der Waals surface area contributed by atoms with Gasteiger partial charge >= 0.3 is 5.97 Å². The van der Waals surface area contributed by atoms with Crippen molar-refractivity contribution in [3.05, 3.63) is 52.5 Å². The van der Waals surface area contributed by atoms with Crippen molar-refractivity contribution in [2.45, 2.75) is 26.7 Å². The second-order valence-electron chi connectivity index (χ2n) is 5.38. The van der Waals surface area contributed by atoms with E-state index in [1.165, 1.54) is 25.3 Å². The molecule has 0 atom stereocenters. The first kappa shape index (κ1) is 16.9. The molecule has 5 heteroatoms. The number of allylic oxidation sites excluding steroid dienone is 1. The lowest BCUT2D eigenvalue weighted by molar-refractivity contribution is -0.136. The SMILES string of the molecule is CCCCN1C(=O)/C(=C\c2cccc(F)c2)C(C(=O)OC)=C1C. The van der Waals surface area contributed by atoms with Gasteiger partial charge in [-0.15, -0.1) is 0 Å². The number of hydrogen-bond donors (Lipinski definition) is 0. The van der Waals surface area contributed by atoms with Gasteiger partial charge in [-0.2, -0.15) is 0 Å². The van der Waals surface area contributed by atoms with E-state index in [-0.39, 0.29) is 17.1 Å². The standard InChI is InChI=1S/C18H20FNO3/c1-4-5-9-20-12(2)16(18(22)23-3)15(17(20)21)11-13-7-6-8-14(19)10-13/h6-8,10-11H,4-5,9H2,1-3H3/b15-11-. The van der Waals surface area contributed by atoms with Crippen molar-refractivity contribution in [3.63, 3.8) is 0 Å². The van der Waals surface area contributed by atoms with Gasteiger partial charge in [0, 0.05) is 12.2 Å². The molecule has 0 saturated carbocycles. The van der Waals surface area contributed by atoms with Crippen LogP contribution in [-0.4, -0.2) is 30.4 Å². The quantitative estimate of drug-likeness (QED) is 0.618. The highest BCUT2D eigenvalue weighted by Gasteiger charge is 2.36. The number of unbranched alkanes of at least 4 members (excludes halogenated alkanes) is 1. The number of ether oxygens (including phenoxy) is 1. The predicted molar refractivity (Wildman–Crippen MR) is 85.7 cm³/mol. The molecule has 0 bridgehead atoms. The third-order valence-corrected chi connectivity index (χ3v) is 3.80. The number of halogens is 1. The van der Waals surface area contributed by atoms with Crippen molar-refractivity contribution >= 4 is 18.0 Å². The number of hydrogen-bond acceptors (Lipinski definition) is 3. The van der Waals surface area contributed by atoms with Crippen molar-refractivity contribution in [2.24, 2.45) is 0 Å². The highest BCUT2D eigenvalue weighted by molar-refractivity contribution is 6.16. The molecule has 1 aliphatic heterocycles. The Labute approximate surface area is 135 Å². The first-order chi connectivity index (χ1) is 11.0. The number of carbonyl (C=O) groups is 2. The van der Waals surface area contributed by atoms with Crippen LogP contribution in [-0.2, 0) is 14.3 Å². The Morgan fingerprint density at radius 3 is 2.74 bits per heavy atom. The van der Waals surface area contributed by atoms with Crippen molar-refractivity contribution < 1.29 is 18.7 Å². The lowest BCUT2D eigenvalue weighted by Gasteiger charge is -2.17. The zero-order chi connectivity index (χ0) is 17.0. The summed E-state index contributed by atoms with van der Waals surface area (Å²) in [5.74, 6) is -1.20. The molecule has 1 aromatic rings. The van der Waals surface area contributed by atoms with Crippen LogP contribution >= 0.6 is 0 Å². The van der Waals surface area contributed by atoms with Gasteiger partial charge in [-0.1, -0.05) is 25.5 Å². The number of methoxy groups -OCH3 is 1. The summed E-state index contributed by atoms with van der Waals surface area (Å²) < 4.78 is 18.2. The topological polar surface area (TPSA) is 46.6 Å². The molecule has 0 spiro atoms. The van der Waals surface area contributed by atoms with E-state index in [1.807, 2.05) is 6.92 Å². The first-order valence-electron chi connectivity index (χ1n) is 7.58. The highest BCUT2D eigenvalue weighted by atomic mass is 19.1. The number of benzene rings is 1. The molecule has 0 aliphatic carbocycles. The molecule has 2 rings (SSSR count). The number of carbonyl (C=O) groups excluding carboxylic acids is 2. The number of esters is 1. The molecule has 1 aliphatic rings. The van der Waals surface area contributed by atoms with Gasteiger partial charge in [0.05, 0.1) is 18.3 Å². The van der Waals surface area contributed by atoms with Crippen LogP contribution in [0.3, 0.4) is 0 Å². The fourth-order valence-corrected chi connectivity index (χ4v) is 2.58. The Bertz CT molecular complexity index is 691. The molecule has 4 nitrogen and oxygen atoms in total. The first-order valence-corrected chi connectivity index (χ1v) is 7.58. The second-order valence-corrected chi connectivity index (χ2v) is 5.38. The molecular weight excluding hydrogens is 297 g/mol. The van der Waals surface area contributed by atoms with Crippen LogP contribution in [0.5, 0.6) is 0 Å². The van der Waals surface area contributed by atoms with Crippen LogP contribution in [0.15, 0.2) is 41.1 Å². The van der Waals surface area contributed by atoms with Crippen LogP contribution < -0.4 is 0 Å². The largest absolute Gasteiger partial charge is 0.465 e. The van der Waals surface area contributed by atoms with Crippen LogP contribution in [0.25, 0.3) is 6.08 Å². The summed E-state index contributed by atoms with van der Waals surface area (Å²) in [7, 11) is 1.28. The van der Waals surface area contributed by atoms with Crippen molar-refractivity contribution in [3.8, 4) is 0 Å². The number of nitrogens with zero attached hydrogens (tertiary/aromatic N) is 1. The van der Waals surface area contributed by atoms with E-state index in [4.69, 9.17) is 4.74 Å². The summed E-state index contributed by atoms with van der Waals surface area (Å²) in [6, 6.07) is 5.89. The monoisotopic (exact) mass is 317 g/mol. The van der Waals surface area contributed by atoms with Crippen molar-refractivity contribution in [1.29, 1.82) is 0 Å². The zero-order valence-electron chi connectivity index (χ0n) is 13.6. The van der Waals surface area contributed by atoms with Gasteiger partial charge < -0.3 is 9.64 Å². The zero-order valence-corrected chi connectivity index (χ0v) is 13.6. The second kappa shape index (κ2) is 7.22. The maximum absolute atomic E-state index is 13.4. The van der Waals surface area contributed by atoms with Crippen LogP contribution in [0.4, 0.5) is 4.39 Å². The van der Waals surface area contributed by atoms with Crippen LogP contribution in [0, 0.1) is 5.82 Å². The van der Waals surface area contributed by atoms with E-state index in [1.54, 1.807) is 24.0 Å². The molecule has 1 heterocycles. The Balaban J connectivity index is 2.47. The average molecular weight is 317 g/mol. The van der Waals surface area contributed by atoms with E-state index in [0.29, 0.717) is 17.8 Å². The van der Waals surface area contributed by atoms with E-state index in [2.05, 4.69) is 0 Å². The van der Waals surface area contributed by atoms with Crippen LogP contribution in [0.2, 0.25) is 0 Å².